The summed E-state index contributed by atoms with van der Waals surface area (Å²) in [6, 6.07) is 19.3. The maximum Gasteiger partial charge on any atom is 0.264 e. The number of amides is 5. The lowest BCUT2D eigenvalue weighted by Gasteiger charge is -2.37. The number of benzene rings is 2. The fourth-order valence-electron chi connectivity index (χ4n) is 11.3. The number of piperidine rings is 3. The minimum atomic E-state index is -1.06. The second-order valence-electron chi connectivity index (χ2n) is 20.7. The number of hydrogen-bond acceptors (Lipinski definition) is 16. The van der Waals surface area contributed by atoms with E-state index in [0.29, 0.717) is 52.4 Å². The number of nitrogens with zero attached hydrogens (tertiary/aromatic N) is 10. The summed E-state index contributed by atoms with van der Waals surface area (Å²) in [7, 11) is 0. The number of fused-ring (bicyclic) bond motifs is 2. The number of rotatable bonds is 13. The second-order valence-corrected chi connectivity index (χ2v) is 21.5. The van der Waals surface area contributed by atoms with Crippen molar-refractivity contribution in [2.45, 2.75) is 57.5 Å². The molecule has 2 aromatic carbocycles. The van der Waals surface area contributed by atoms with Gasteiger partial charge in [0.15, 0.2) is 5.65 Å². The minimum Gasteiger partial charge on any atom is -0.388 e. The van der Waals surface area contributed by atoms with E-state index in [4.69, 9.17) is 49.3 Å². The van der Waals surface area contributed by atoms with Crippen molar-refractivity contribution in [1.82, 2.24) is 49.8 Å². The molecule has 410 valence electrons. The zero-order valence-corrected chi connectivity index (χ0v) is 45.6. The Morgan fingerprint density at radius 1 is 0.863 bits per heavy atom. The zero-order valence-electron chi connectivity index (χ0n) is 44.1. The van der Waals surface area contributed by atoms with Gasteiger partial charge in [-0.15, -0.1) is 0 Å². The minimum absolute atomic E-state index is 0.0371. The standard InChI is InChI=1S/C58H59Cl2N15O5/c1-35-67-47-9-8-45(39-13-18-63-49(62)28-39)68-54(47)74(35)41-29-43(59)53(44(60)30-41)72-26-24-70(25-27-72)19-3-4-36-7-11-50(66-32-36)71-20-14-38(15-21-71)56(78)73-22-16-40(17-23-73)64-33-37(31-61)34-65-46-6-2-5-42-52(46)58(80)75(57(42)79)48-10-12-51(76)69-55(48)77/h2,5-9,11,13,18,28-33,38,40,48,61,64-65H,10,12,14-17,19-27,34H2,1H3,(H2,62,63)(H,69,76,77)/b37-33+,61-31?. The molecule has 20 nitrogen and oxygen atoms in total. The summed E-state index contributed by atoms with van der Waals surface area (Å²) < 4.78 is 1.96. The highest BCUT2D eigenvalue weighted by Crippen LogP contribution is 2.39. The lowest BCUT2D eigenvalue weighted by molar-refractivity contribution is -0.138. The molecule has 9 heterocycles. The number of pyridine rings is 3. The maximum absolute atomic E-state index is 13.7. The van der Waals surface area contributed by atoms with Crippen molar-refractivity contribution in [3.05, 3.63) is 123 Å². The molecule has 4 saturated heterocycles. The van der Waals surface area contributed by atoms with E-state index in [0.717, 1.165) is 115 Å². The van der Waals surface area contributed by atoms with Gasteiger partial charge in [-0.3, -0.25) is 43.7 Å². The zero-order chi connectivity index (χ0) is 55.6. The van der Waals surface area contributed by atoms with Gasteiger partial charge >= 0.3 is 0 Å². The van der Waals surface area contributed by atoms with Gasteiger partial charge in [-0.05, 0) is 99.7 Å². The topological polar surface area (TPSA) is 244 Å². The number of hydrogen-bond donors (Lipinski definition) is 5. The molecule has 1 atom stereocenters. The van der Waals surface area contributed by atoms with E-state index in [9.17, 15) is 24.0 Å². The lowest BCUT2D eigenvalue weighted by atomic mass is 9.93. The highest BCUT2D eigenvalue weighted by atomic mass is 35.5. The Morgan fingerprint density at radius 2 is 1.64 bits per heavy atom. The highest BCUT2D eigenvalue weighted by molar-refractivity contribution is 6.39. The van der Waals surface area contributed by atoms with Gasteiger partial charge in [-0.2, -0.15) is 0 Å². The number of piperazine rings is 1. The number of likely N-dealkylation sites (tertiary alicyclic amines) is 1. The van der Waals surface area contributed by atoms with Crippen LogP contribution in [0.5, 0.6) is 0 Å². The number of halogens is 2. The van der Waals surface area contributed by atoms with Crippen LogP contribution in [-0.4, -0.2) is 152 Å². The van der Waals surface area contributed by atoms with Crippen LogP contribution >= 0.6 is 23.2 Å². The summed E-state index contributed by atoms with van der Waals surface area (Å²) in [5.41, 5.74) is 12.8. The van der Waals surface area contributed by atoms with Gasteiger partial charge in [0.05, 0.1) is 44.8 Å². The average molecular weight is 1120 g/mol. The van der Waals surface area contributed by atoms with Gasteiger partial charge in [0.1, 0.15) is 29.0 Å². The van der Waals surface area contributed by atoms with Crippen molar-refractivity contribution in [2.24, 2.45) is 5.92 Å². The first-order valence-corrected chi connectivity index (χ1v) is 27.6. The third-order valence-electron chi connectivity index (χ3n) is 15.6. The van der Waals surface area contributed by atoms with E-state index < -0.39 is 29.7 Å². The molecule has 5 amide bonds. The van der Waals surface area contributed by atoms with Crippen LogP contribution in [0.15, 0.2) is 90.9 Å². The molecule has 6 N–H and O–H groups in total. The van der Waals surface area contributed by atoms with Gasteiger partial charge in [0.25, 0.3) is 11.8 Å². The number of nitrogen functional groups attached to an aromatic ring is 1. The summed E-state index contributed by atoms with van der Waals surface area (Å²) in [6.07, 6.45) is 9.61. The van der Waals surface area contributed by atoms with E-state index in [1.165, 1.54) is 6.21 Å². The maximum atomic E-state index is 13.7. The fourth-order valence-corrected chi connectivity index (χ4v) is 12.0. The van der Waals surface area contributed by atoms with Gasteiger partial charge < -0.3 is 36.5 Å². The van der Waals surface area contributed by atoms with E-state index in [-0.39, 0.29) is 48.4 Å². The first kappa shape index (κ1) is 53.6. The molecule has 22 heteroatoms. The fraction of sp³-hybridized carbons (Fsp3) is 0.345. The lowest BCUT2D eigenvalue weighted by Crippen LogP contribution is -2.54. The highest BCUT2D eigenvalue weighted by Gasteiger charge is 2.45. The molecule has 4 aromatic heterocycles. The predicted molar refractivity (Wildman–Crippen MR) is 307 cm³/mol. The number of carbonyl (C=O) groups excluding carboxylic acids is 5. The second kappa shape index (κ2) is 23.1. The number of carbonyl (C=O) groups is 5. The molecule has 4 fully saturated rings. The van der Waals surface area contributed by atoms with Crippen molar-refractivity contribution in [3.8, 4) is 28.8 Å². The van der Waals surface area contributed by atoms with E-state index in [1.807, 2.05) is 65.1 Å². The molecule has 1 unspecified atom stereocenters. The third kappa shape index (κ3) is 11.1. The molecular weight excluding hydrogens is 1060 g/mol. The van der Waals surface area contributed by atoms with Crippen LogP contribution in [0, 0.1) is 30.1 Å². The molecule has 0 bridgehead atoms. The van der Waals surface area contributed by atoms with E-state index in [1.54, 1.807) is 36.7 Å². The van der Waals surface area contributed by atoms with Crippen LogP contribution in [0.4, 0.5) is 23.0 Å². The number of nitrogens with one attached hydrogen (secondary N) is 4. The van der Waals surface area contributed by atoms with Crippen molar-refractivity contribution < 1.29 is 24.0 Å². The van der Waals surface area contributed by atoms with Crippen molar-refractivity contribution >= 4 is 93.1 Å². The van der Waals surface area contributed by atoms with E-state index in [2.05, 4.69) is 47.5 Å². The van der Waals surface area contributed by atoms with Crippen LogP contribution < -0.4 is 31.5 Å². The van der Waals surface area contributed by atoms with Crippen molar-refractivity contribution in [3.63, 3.8) is 0 Å². The number of nitrogens with two attached hydrogens (primary N) is 1. The Kier molecular flexibility index (Phi) is 15.5. The first-order chi connectivity index (χ1) is 38.8. The Labute approximate surface area is 472 Å². The molecule has 80 heavy (non-hydrogen) atoms. The summed E-state index contributed by atoms with van der Waals surface area (Å²) in [6.45, 7) is 8.56. The molecule has 0 spiro atoms. The number of imide groups is 2. The van der Waals surface area contributed by atoms with Crippen LogP contribution in [0.1, 0.15) is 70.6 Å². The molecule has 0 aliphatic carbocycles. The van der Waals surface area contributed by atoms with Gasteiger partial charge in [0.2, 0.25) is 17.7 Å². The molecule has 0 radical (unpaired) electrons. The molecule has 6 aromatic rings. The monoisotopic (exact) mass is 1120 g/mol. The Balaban J connectivity index is 0.606. The summed E-state index contributed by atoms with van der Waals surface area (Å²) >= 11 is 14.0. The third-order valence-corrected chi connectivity index (χ3v) is 16.2. The molecular formula is C58H59Cl2N15O5. The van der Waals surface area contributed by atoms with Crippen molar-refractivity contribution in [1.29, 1.82) is 5.41 Å². The van der Waals surface area contributed by atoms with Crippen LogP contribution in [0.25, 0.3) is 28.1 Å². The average Bonchev–Trinajstić information content (AvgIpc) is 4.17. The predicted octanol–water partition coefficient (Wildman–Crippen LogP) is 6.09. The number of aromatic nitrogens is 5. The summed E-state index contributed by atoms with van der Waals surface area (Å²) in [5, 5.41) is 18.0. The molecule has 0 saturated carbocycles. The largest absolute Gasteiger partial charge is 0.388 e. The van der Waals surface area contributed by atoms with Crippen molar-refractivity contribution in [2.75, 3.05) is 86.3 Å². The van der Waals surface area contributed by atoms with Crippen LogP contribution in [0.2, 0.25) is 10.0 Å². The first-order valence-electron chi connectivity index (χ1n) is 26.9. The number of anilines is 4. The number of aryl methyl sites for hydroxylation is 1. The van der Waals surface area contributed by atoms with Crippen LogP contribution in [0.3, 0.4) is 0 Å². The Bertz CT molecular complexity index is 3510. The Hall–Kier alpha value is -8.38. The smallest absolute Gasteiger partial charge is 0.264 e. The number of imidazole rings is 1. The molecule has 5 aliphatic heterocycles. The molecule has 11 rings (SSSR count). The van der Waals surface area contributed by atoms with Crippen LogP contribution in [-0.2, 0) is 14.4 Å². The normalized spacial score (nSPS) is 18.5. The van der Waals surface area contributed by atoms with E-state index >= 15 is 0 Å². The molecule has 5 aliphatic rings. The van der Waals surface area contributed by atoms with Gasteiger partial charge in [0, 0.05) is 124 Å². The summed E-state index contributed by atoms with van der Waals surface area (Å²) in [4.78, 5) is 92.9. The Morgan fingerprint density at radius 3 is 2.35 bits per heavy atom. The quantitative estimate of drug-likeness (QED) is 0.0499. The SMILES string of the molecule is Cc1nc2ccc(-c3ccnc(N)c3)nc2n1-c1cc(Cl)c(N2CCN(CC#Cc3ccc(N4CCC(C(=O)N5CCC(N/C=C(\C=N)CNc6cccc7c6C(=O)N(C6CCC(=O)NC6=O)C7=O)CC5)CC4)nc3)CC2)c(Cl)c1. The van der Waals surface area contributed by atoms with Gasteiger partial charge in [-0.1, -0.05) is 41.1 Å². The van der Waals surface area contributed by atoms with Gasteiger partial charge in [-0.25, -0.2) is 19.9 Å². The summed E-state index contributed by atoms with van der Waals surface area (Å²) in [5.74, 6) is 6.55.